The Morgan fingerprint density at radius 2 is 1.29 bits per heavy atom. The highest BCUT2D eigenvalue weighted by atomic mass is 35.5. The predicted molar refractivity (Wildman–Crippen MR) is 105 cm³/mol. The van der Waals surface area contributed by atoms with Gasteiger partial charge in [-0.3, -0.25) is 9.59 Å². The Hall–Kier alpha value is 0.0200. The van der Waals surface area contributed by atoms with E-state index in [2.05, 4.69) is 6.92 Å². The average molecular weight is 450 g/mol. The van der Waals surface area contributed by atoms with Gasteiger partial charge in [0.2, 0.25) is 0 Å². The molecule has 2 heterocycles. The van der Waals surface area contributed by atoms with Crippen LogP contribution in [0, 0.1) is 0 Å². The molecule has 0 aliphatic heterocycles. The van der Waals surface area contributed by atoms with Crippen molar-refractivity contribution in [2.75, 3.05) is 0 Å². The first-order valence-electron chi connectivity index (χ1n) is 7.52. The van der Waals surface area contributed by atoms with Crippen LogP contribution in [0.4, 0.5) is 0 Å². The zero-order chi connectivity index (χ0) is 17.9. The largest absolute Gasteiger partial charge is 0.282 e. The molecule has 0 amide bonds. The Morgan fingerprint density at radius 1 is 0.833 bits per heavy atom. The minimum absolute atomic E-state index is 0.0283. The Bertz CT molecular complexity index is 749. The van der Waals surface area contributed by atoms with E-state index in [1.54, 1.807) is 0 Å². The van der Waals surface area contributed by atoms with Gasteiger partial charge in [0, 0.05) is 0 Å². The van der Waals surface area contributed by atoms with Crippen LogP contribution in [-0.4, -0.2) is 7.91 Å². The molecule has 0 fully saturated rings. The lowest BCUT2D eigenvalue weighted by molar-refractivity contribution is 0.414. The number of unbranched alkanes of at least 4 members (excludes halogenated alkanes) is 4. The quantitative estimate of drug-likeness (QED) is 0.453. The molecule has 0 spiro atoms. The molecule has 0 saturated heterocycles. The van der Waals surface area contributed by atoms with Crippen LogP contribution in [0.15, 0.2) is 9.59 Å². The van der Waals surface area contributed by atoms with Crippen molar-refractivity contribution in [3.63, 3.8) is 0 Å². The van der Waals surface area contributed by atoms with Crippen molar-refractivity contribution in [3.8, 4) is 0 Å². The Balaban J connectivity index is 2.34. The summed E-state index contributed by atoms with van der Waals surface area (Å²) >= 11 is 25.9. The smallest absolute Gasteiger partial charge is 0.267 e. The third kappa shape index (κ3) is 4.40. The van der Waals surface area contributed by atoms with E-state index in [1.807, 2.05) is 0 Å². The molecular weight excluding hydrogens is 434 g/mol. The molecule has 4 nitrogen and oxygen atoms in total. The standard InChI is InChI=1S/C14H16Cl4N2O2S2/c1-2-3-4-5-6-7-8(19-13(21)9(15)11(17)23-19)20-14(22)10(16)12(18)24-20/h8H,2-7H2,1H3. The molecule has 0 atom stereocenters. The van der Waals surface area contributed by atoms with E-state index in [9.17, 15) is 9.59 Å². The first-order valence-corrected chi connectivity index (χ1v) is 10.6. The molecule has 0 unspecified atom stereocenters. The lowest BCUT2D eigenvalue weighted by atomic mass is 10.1. The summed E-state index contributed by atoms with van der Waals surface area (Å²) < 4.78 is 3.27. The third-order valence-electron chi connectivity index (χ3n) is 3.59. The van der Waals surface area contributed by atoms with Gasteiger partial charge < -0.3 is 0 Å². The van der Waals surface area contributed by atoms with E-state index in [4.69, 9.17) is 46.4 Å². The van der Waals surface area contributed by atoms with Crippen molar-refractivity contribution in [1.29, 1.82) is 0 Å². The molecule has 2 aromatic heterocycles. The van der Waals surface area contributed by atoms with Gasteiger partial charge in [0.25, 0.3) is 11.1 Å². The first kappa shape index (κ1) is 20.3. The van der Waals surface area contributed by atoms with E-state index in [0.717, 1.165) is 55.2 Å². The highest BCUT2D eigenvalue weighted by Crippen LogP contribution is 2.32. The van der Waals surface area contributed by atoms with Crippen molar-refractivity contribution < 1.29 is 0 Å². The zero-order valence-corrected chi connectivity index (χ0v) is 17.5. The van der Waals surface area contributed by atoms with Gasteiger partial charge in [0.15, 0.2) is 0 Å². The van der Waals surface area contributed by atoms with E-state index in [1.165, 1.54) is 7.91 Å². The highest BCUT2D eigenvalue weighted by molar-refractivity contribution is 7.12. The van der Waals surface area contributed by atoms with Crippen LogP contribution < -0.4 is 11.1 Å². The summed E-state index contributed by atoms with van der Waals surface area (Å²) in [5.74, 6) is 0. The van der Waals surface area contributed by atoms with Crippen molar-refractivity contribution in [3.05, 3.63) is 39.4 Å². The molecule has 0 bridgehead atoms. The lowest BCUT2D eigenvalue weighted by Crippen LogP contribution is -2.29. The van der Waals surface area contributed by atoms with Crippen LogP contribution in [0.3, 0.4) is 0 Å². The maximum Gasteiger partial charge on any atom is 0.282 e. The summed E-state index contributed by atoms with van der Waals surface area (Å²) in [5, 5.41) is -0.0566. The second kappa shape index (κ2) is 9.10. The van der Waals surface area contributed by atoms with E-state index < -0.39 is 17.3 Å². The van der Waals surface area contributed by atoms with Gasteiger partial charge in [-0.25, -0.2) is 7.91 Å². The summed E-state index contributed by atoms with van der Waals surface area (Å²) in [5.41, 5.74) is -0.810. The van der Waals surface area contributed by atoms with Crippen LogP contribution in [0.2, 0.25) is 18.7 Å². The molecule has 0 saturated carbocycles. The Morgan fingerprint density at radius 3 is 1.67 bits per heavy atom. The first-order chi connectivity index (χ1) is 11.4. The van der Waals surface area contributed by atoms with Crippen LogP contribution in [0.5, 0.6) is 0 Å². The molecule has 2 aromatic rings. The van der Waals surface area contributed by atoms with Crippen molar-refractivity contribution in [2.24, 2.45) is 0 Å². The SMILES string of the molecule is CCCCCCCC(n1sc(Cl)c(Cl)c1=O)n1sc(Cl)c(Cl)c1=O. The molecule has 10 heteroatoms. The number of hydrogen-bond donors (Lipinski definition) is 0. The topological polar surface area (TPSA) is 44.0 Å². The summed E-state index contributed by atoms with van der Waals surface area (Å²) in [7, 11) is 0. The summed E-state index contributed by atoms with van der Waals surface area (Å²) in [4.78, 5) is 24.6. The van der Waals surface area contributed by atoms with Crippen molar-refractivity contribution in [2.45, 2.75) is 51.6 Å². The van der Waals surface area contributed by atoms with Gasteiger partial charge in [-0.05, 0) is 35.9 Å². The number of rotatable bonds is 8. The molecule has 0 aliphatic carbocycles. The fourth-order valence-electron chi connectivity index (χ4n) is 2.35. The van der Waals surface area contributed by atoms with Gasteiger partial charge in [-0.1, -0.05) is 79.0 Å². The molecule has 0 N–H and O–H groups in total. The van der Waals surface area contributed by atoms with Crippen LogP contribution in [0.1, 0.15) is 51.6 Å². The maximum atomic E-state index is 12.3. The van der Waals surface area contributed by atoms with Crippen LogP contribution in [-0.2, 0) is 0 Å². The maximum absolute atomic E-state index is 12.3. The predicted octanol–water partition coefficient (Wildman–Crippen LogP) is 6.15. The molecule has 24 heavy (non-hydrogen) atoms. The van der Waals surface area contributed by atoms with Gasteiger partial charge in [0.1, 0.15) is 24.9 Å². The lowest BCUT2D eigenvalue weighted by Gasteiger charge is -2.17. The summed E-state index contributed by atoms with van der Waals surface area (Å²) in [6.07, 6.45) is 5.40. The van der Waals surface area contributed by atoms with Gasteiger partial charge in [-0.2, -0.15) is 0 Å². The number of halogens is 4. The number of nitrogens with zero attached hydrogens (tertiary/aromatic N) is 2. The van der Waals surface area contributed by atoms with E-state index in [-0.39, 0.29) is 18.7 Å². The van der Waals surface area contributed by atoms with E-state index >= 15 is 0 Å². The fraction of sp³-hybridized carbons (Fsp3) is 0.571. The van der Waals surface area contributed by atoms with E-state index in [0.29, 0.717) is 6.42 Å². The van der Waals surface area contributed by atoms with Gasteiger partial charge in [0.05, 0.1) is 0 Å². The molecule has 0 radical (unpaired) electrons. The molecular formula is C14H16Cl4N2O2S2. The molecule has 134 valence electrons. The highest BCUT2D eigenvalue weighted by Gasteiger charge is 2.25. The third-order valence-corrected chi connectivity index (χ3v) is 7.44. The van der Waals surface area contributed by atoms with Crippen molar-refractivity contribution >= 4 is 69.5 Å². The minimum atomic E-state index is -0.517. The fourth-order valence-corrected chi connectivity index (χ4v) is 5.18. The van der Waals surface area contributed by atoms with Crippen molar-refractivity contribution in [1.82, 2.24) is 7.91 Å². The second-order valence-corrected chi connectivity index (χ2v) is 9.23. The summed E-state index contributed by atoms with van der Waals surface area (Å²) in [6, 6.07) is 0. The number of hydrogen-bond acceptors (Lipinski definition) is 4. The zero-order valence-electron chi connectivity index (χ0n) is 12.9. The monoisotopic (exact) mass is 448 g/mol. The average Bonchev–Trinajstić information content (AvgIpc) is 2.96. The van der Waals surface area contributed by atoms with Gasteiger partial charge >= 0.3 is 0 Å². The molecule has 0 aromatic carbocycles. The molecule has 0 aliphatic rings. The molecule has 2 rings (SSSR count). The minimum Gasteiger partial charge on any atom is -0.267 e. The Labute approximate surface area is 167 Å². The normalized spacial score (nSPS) is 11.6. The number of aromatic nitrogens is 2. The second-order valence-electron chi connectivity index (χ2n) is 5.30. The van der Waals surface area contributed by atoms with Crippen LogP contribution >= 0.6 is 69.5 Å². The summed E-state index contributed by atoms with van der Waals surface area (Å²) in [6.45, 7) is 2.15. The van der Waals surface area contributed by atoms with Gasteiger partial charge in [-0.15, -0.1) is 0 Å². The van der Waals surface area contributed by atoms with Crippen LogP contribution in [0.25, 0.3) is 0 Å². The Kier molecular flexibility index (Phi) is 7.71.